The van der Waals surface area contributed by atoms with Gasteiger partial charge in [-0.25, -0.2) is 9.13 Å². The fourth-order valence-corrected chi connectivity index (χ4v) is 14.2. The summed E-state index contributed by atoms with van der Waals surface area (Å²) in [5, 5.41) is 10.6. The van der Waals surface area contributed by atoms with Gasteiger partial charge in [-0.3, -0.25) is 37.3 Å². The van der Waals surface area contributed by atoms with Crippen LogP contribution in [0.1, 0.15) is 433 Å². The van der Waals surface area contributed by atoms with Crippen LogP contribution < -0.4 is 0 Å². The van der Waals surface area contributed by atoms with E-state index >= 15 is 0 Å². The minimum absolute atomic E-state index is 0.108. The quantitative estimate of drug-likeness (QED) is 0.0222. The van der Waals surface area contributed by atoms with E-state index in [1.54, 1.807) is 0 Å². The fourth-order valence-electron chi connectivity index (χ4n) is 12.6. The molecule has 0 aliphatic rings. The molecule has 0 bridgehead atoms. The summed E-state index contributed by atoms with van der Waals surface area (Å²) in [7, 11) is -9.92. The lowest BCUT2D eigenvalue weighted by Crippen LogP contribution is -2.30. The van der Waals surface area contributed by atoms with E-state index in [-0.39, 0.29) is 25.7 Å². The zero-order valence-corrected chi connectivity index (χ0v) is 67.1. The molecule has 0 aliphatic heterocycles. The molecule has 100 heavy (non-hydrogen) atoms. The molecule has 0 aromatic rings. The summed E-state index contributed by atoms with van der Waals surface area (Å²) in [6.45, 7) is 7.37. The van der Waals surface area contributed by atoms with Crippen LogP contribution in [0.15, 0.2) is 0 Å². The van der Waals surface area contributed by atoms with Crippen LogP contribution >= 0.6 is 15.6 Å². The van der Waals surface area contributed by atoms with E-state index < -0.39 is 97.5 Å². The fraction of sp³-hybridized carbons (Fsp3) is 0.951. The molecular formula is C81H158O17P2. The molecule has 0 heterocycles. The number of hydrogen-bond acceptors (Lipinski definition) is 15. The molecule has 0 radical (unpaired) electrons. The van der Waals surface area contributed by atoms with Gasteiger partial charge in [0.2, 0.25) is 0 Å². The van der Waals surface area contributed by atoms with Gasteiger partial charge < -0.3 is 33.8 Å². The largest absolute Gasteiger partial charge is 0.472 e. The number of aliphatic hydroxyl groups excluding tert-OH is 1. The van der Waals surface area contributed by atoms with Gasteiger partial charge in [-0.15, -0.1) is 0 Å². The molecule has 0 spiro atoms. The Balaban J connectivity index is 5.22. The molecule has 594 valence electrons. The maximum absolute atomic E-state index is 13.1. The zero-order valence-electron chi connectivity index (χ0n) is 65.3. The molecule has 2 unspecified atom stereocenters. The first-order valence-corrected chi connectivity index (χ1v) is 45.1. The molecule has 17 nitrogen and oxygen atoms in total. The Bertz CT molecular complexity index is 1910. The number of hydrogen-bond donors (Lipinski definition) is 3. The molecule has 0 saturated carbocycles. The summed E-state index contributed by atoms with van der Waals surface area (Å²) in [4.78, 5) is 73.0. The van der Waals surface area contributed by atoms with Crippen LogP contribution in [0.4, 0.5) is 0 Å². The van der Waals surface area contributed by atoms with Crippen molar-refractivity contribution in [3.8, 4) is 0 Å². The van der Waals surface area contributed by atoms with E-state index in [1.165, 1.54) is 257 Å². The van der Waals surface area contributed by atoms with Gasteiger partial charge in [0.1, 0.15) is 19.3 Å². The van der Waals surface area contributed by atoms with Crippen LogP contribution in [-0.4, -0.2) is 96.7 Å². The first kappa shape index (κ1) is 98.1. The Hall–Kier alpha value is -1.94. The summed E-state index contributed by atoms with van der Waals surface area (Å²) in [5.41, 5.74) is 0. The SMILES string of the molecule is CCCCCCCCCCCCCCCCCCC(=O)OC[C@H](COP(=O)(O)OC[C@@H](O)COP(=O)(O)OC[C@@H](COC(=O)CCCCCCCCCCCCC)OC(=O)CCCCCCCCCCCCCC)OC(=O)CCCCCCCCCCCCCCCCCCCCC(C)C. The number of aliphatic hydroxyl groups is 1. The zero-order chi connectivity index (χ0) is 73.4. The molecule has 0 saturated heterocycles. The summed E-state index contributed by atoms with van der Waals surface area (Å²) < 4.78 is 68.7. The first-order valence-electron chi connectivity index (χ1n) is 42.1. The number of carbonyl (C=O) groups is 4. The second kappa shape index (κ2) is 73.9. The summed E-state index contributed by atoms with van der Waals surface area (Å²) in [6.07, 6.45) is 65.1. The van der Waals surface area contributed by atoms with E-state index in [0.29, 0.717) is 25.7 Å². The van der Waals surface area contributed by atoms with Crippen molar-refractivity contribution in [1.29, 1.82) is 0 Å². The molecule has 19 heteroatoms. The van der Waals surface area contributed by atoms with Gasteiger partial charge in [0.15, 0.2) is 12.2 Å². The van der Waals surface area contributed by atoms with Crippen LogP contribution in [0.2, 0.25) is 0 Å². The van der Waals surface area contributed by atoms with Crippen molar-refractivity contribution in [3.63, 3.8) is 0 Å². The molecule has 0 fully saturated rings. The second-order valence-corrected chi connectivity index (χ2v) is 32.5. The van der Waals surface area contributed by atoms with Gasteiger partial charge >= 0.3 is 39.5 Å². The predicted molar refractivity (Wildman–Crippen MR) is 409 cm³/mol. The minimum atomic E-state index is -4.96. The predicted octanol–water partition coefficient (Wildman–Crippen LogP) is 24.4. The molecule has 5 atom stereocenters. The lowest BCUT2D eigenvalue weighted by atomic mass is 10.0. The van der Waals surface area contributed by atoms with Gasteiger partial charge in [0.05, 0.1) is 26.4 Å². The summed E-state index contributed by atoms with van der Waals surface area (Å²) in [5.74, 6) is -1.28. The third-order valence-corrected chi connectivity index (χ3v) is 20.9. The normalized spacial score (nSPS) is 13.8. The highest BCUT2D eigenvalue weighted by molar-refractivity contribution is 7.47. The standard InChI is InChI=1S/C81H158O17P2/c1-6-9-12-15-18-21-24-26-27-33-36-41-45-50-55-60-65-79(84)92-71-77(98-81(86)67-62-57-52-47-42-37-34-31-29-28-30-32-35-39-43-48-53-58-63-74(4)5)73-96-100(89,90)94-69-75(82)68-93-99(87,88)95-72-76(70-91-78(83)64-59-54-49-44-38-23-20-17-14-11-8-3)97-80(85)66-61-56-51-46-40-25-22-19-16-13-10-7-2/h74-77,82H,6-73H2,1-5H3,(H,87,88)(H,89,90)/t75-,76+,77+/m0/s1. The maximum atomic E-state index is 13.1. The van der Waals surface area contributed by atoms with Crippen LogP contribution in [0.5, 0.6) is 0 Å². The van der Waals surface area contributed by atoms with Gasteiger partial charge in [0.25, 0.3) is 0 Å². The molecular weight excluding hydrogens is 1310 g/mol. The highest BCUT2D eigenvalue weighted by Gasteiger charge is 2.30. The van der Waals surface area contributed by atoms with Gasteiger partial charge in [0, 0.05) is 25.7 Å². The smallest absolute Gasteiger partial charge is 0.462 e. The van der Waals surface area contributed by atoms with Crippen LogP contribution in [0.25, 0.3) is 0 Å². The van der Waals surface area contributed by atoms with E-state index in [2.05, 4.69) is 34.6 Å². The van der Waals surface area contributed by atoms with E-state index in [0.717, 1.165) is 95.8 Å². The monoisotopic (exact) mass is 1470 g/mol. The number of rotatable bonds is 81. The van der Waals surface area contributed by atoms with E-state index in [4.69, 9.17) is 37.0 Å². The maximum Gasteiger partial charge on any atom is 0.472 e. The summed E-state index contributed by atoms with van der Waals surface area (Å²) >= 11 is 0. The number of phosphoric ester groups is 2. The molecule has 0 amide bonds. The van der Waals surface area contributed by atoms with Crippen molar-refractivity contribution >= 4 is 39.5 Å². The molecule has 0 aliphatic carbocycles. The van der Waals surface area contributed by atoms with E-state index in [1.807, 2.05) is 0 Å². The van der Waals surface area contributed by atoms with Crippen molar-refractivity contribution < 1.29 is 80.2 Å². The van der Waals surface area contributed by atoms with Crippen molar-refractivity contribution in [2.24, 2.45) is 5.92 Å². The molecule has 0 aromatic carbocycles. The van der Waals surface area contributed by atoms with Crippen LogP contribution in [0.3, 0.4) is 0 Å². The number of unbranched alkanes of at least 4 members (excludes halogenated alkanes) is 53. The Morgan fingerprint density at radius 2 is 0.460 bits per heavy atom. The van der Waals surface area contributed by atoms with Gasteiger partial charge in [-0.05, 0) is 31.6 Å². The Morgan fingerprint density at radius 1 is 0.270 bits per heavy atom. The Morgan fingerprint density at radius 3 is 0.680 bits per heavy atom. The lowest BCUT2D eigenvalue weighted by Gasteiger charge is -2.21. The highest BCUT2D eigenvalue weighted by atomic mass is 31.2. The number of esters is 4. The van der Waals surface area contributed by atoms with Crippen molar-refractivity contribution in [2.75, 3.05) is 39.6 Å². The minimum Gasteiger partial charge on any atom is -0.462 e. The average Bonchev–Trinajstić information content (AvgIpc) is 0.938. The van der Waals surface area contributed by atoms with Crippen molar-refractivity contribution in [3.05, 3.63) is 0 Å². The van der Waals surface area contributed by atoms with Crippen molar-refractivity contribution in [2.45, 2.75) is 451 Å². The average molecular weight is 1470 g/mol. The molecule has 0 aromatic heterocycles. The number of phosphoric acid groups is 2. The molecule has 3 N–H and O–H groups in total. The van der Waals surface area contributed by atoms with Crippen molar-refractivity contribution in [1.82, 2.24) is 0 Å². The first-order chi connectivity index (χ1) is 48.5. The van der Waals surface area contributed by atoms with E-state index in [9.17, 15) is 43.2 Å². The van der Waals surface area contributed by atoms with Crippen LogP contribution in [0, 0.1) is 5.92 Å². The number of carbonyl (C=O) groups excluding carboxylic acids is 4. The topological polar surface area (TPSA) is 237 Å². The Kier molecular flexibility index (Phi) is 72.5. The lowest BCUT2D eigenvalue weighted by molar-refractivity contribution is -0.161. The highest BCUT2D eigenvalue weighted by Crippen LogP contribution is 2.45. The molecule has 0 rings (SSSR count). The van der Waals surface area contributed by atoms with Crippen LogP contribution in [-0.2, 0) is 65.4 Å². The second-order valence-electron chi connectivity index (χ2n) is 29.6. The third-order valence-electron chi connectivity index (χ3n) is 19.0. The number of ether oxygens (including phenoxy) is 4. The summed E-state index contributed by atoms with van der Waals surface area (Å²) in [6, 6.07) is 0. The third kappa shape index (κ3) is 74.3. The van der Waals surface area contributed by atoms with Gasteiger partial charge in [-0.2, -0.15) is 0 Å². The van der Waals surface area contributed by atoms with Gasteiger partial charge in [-0.1, -0.05) is 381 Å². The Labute approximate surface area is 613 Å².